The van der Waals surface area contributed by atoms with E-state index in [2.05, 4.69) is 13.3 Å². The van der Waals surface area contributed by atoms with Crippen molar-refractivity contribution < 1.29 is 0 Å². The van der Waals surface area contributed by atoms with E-state index < -0.39 is 0 Å². The van der Waals surface area contributed by atoms with Crippen LogP contribution in [0.25, 0.3) is 0 Å². The van der Waals surface area contributed by atoms with E-state index in [1.54, 1.807) is 0 Å². The molecule has 0 aromatic rings. The summed E-state index contributed by atoms with van der Waals surface area (Å²) in [5, 5.41) is 0. The van der Waals surface area contributed by atoms with E-state index in [1.807, 2.05) is 0 Å². The summed E-state index contributed by atoms with van der Waals surface area (Å²) < 4.78 is 0. The molecule has 1 radical (unpaired) electrons. The van der Waals surface area contributed by atoms with Crippen LogP contribution in [0.15, 0.2) is 0 Å². The summed E-state index contributed by atoms with van der Waals surface area (Å²) in [6, 6.07) is 0. The topological polar surface area (TPSA) is 0 Å². The van der Waals surface area contributed by atoms with Crippen molar-refractivity contribution in [1.82, 2.24) is 0 Å². The molecule has 2 rings (SSSR count). The zero-order valence-electron chi connectivity index (χ0n) is 4.72. The van der Waals surface area contributed by atoms with Crippen LogP contribution in [-0.2, 0) is 0 Å². The minimum Gasteiger partial charge on any atom is -0.0622 e. The van der Waals surface area contributed by atoms with Crippen LogP contribution >= 0.6 is 0 Å². The number of rotatable bonds is 1. The second kappa shape index (κ2) is 1.04. The van der Waals surface area contributed by atoms with E-state index in [4.69, 9.17) is 0 Å². The van der Waals surface area contributed by atoms with Gasteiger partial charge in [0.15, 0.2) is 0 Å². The van der Waals surface area contributed by atoms with Crippen LogP contribution in [0.1, 0.15) is 19.8 Å². The Kier molecular flexibility index (Phi) is 0.586. The SMILES string of the molecule is CC1CC1C1[CH]C1. The standard InChI is InChI=1S/C7H11/c1-5-4-7(5)6-2-3-6/h2,5-7H,3-4H2,1H3. The first-order valence-electron chi connectivity index (χ1n) is 3.21. The van der Waals surface area contributed by atoms with Gasteiger partial charge in [0, 0.05) is 0 Å². The summed E-state index contributed by atoms with van der Waals surface area (Å²) in [5.41, 5.74) is 0. The van der Waals surface area contributed by atoms with Crippen LogP contribution < -0.4 is 0 Å². The summed E-state index contributed by atoms with van der Waals surface area (Å²) in [6.07, 6.45) is 5.38. The molecule has 0 aromatic heterocycles. The third-order valence-corrected chi connectivity index (χ3v) is 2.23. The molecule has 2 aliphatic rings. The highest BCUT2D eigenvalue weighted by atomic mass is 14.5. The highest BCUT2D eigenvalue weighted by Crippen LogP contribution is 2.53. The molecule has 0 heterocycles. The lowest BCUT2D eigenvalue weighted by Gasteiger charge is -1.82. The first-order valence-corrected chi connectivity index (χ1v) is 3.21. The van der Waals surface area contributed by atoms with Crippen molar-refractivity contribution in [3.05, 3.63) is 6.42 Å². The third kappa shape index (κ3) is 0.568. The van der Waals surface area contributed by atoms with Crippen LogP contribution in [-0.4, -0.2) is 0 Å². The smallest absolute Gasteiger partial charge is 0.0349 e. The van der Waals surface area contributed by atoms with Gasteiger partial charge in [0.25, 0.3) is 0 Å². The Bertz CT molecular complexity index is 82.0. The van der Waals surface area contributed by atoms with Crippen molar-refractivity contribution >= 4 is 0 Å². The first kappa shape index (κ1) is 3.94. The molecule has 0 spiro atoms. The average molecular weight is 95.2 g/mol. The van der Waals surface area contributed by atoms with Crippen LogP contribution in [0.5, 0.6) is 0 Å². The zero-order chi connectivity index (χ0) is 4.85. The molecule has 0 amide bonds. The molecule has 2 aliphatic carbocycles. The fourth-order valence-corrected chi connectivity index (χ4v) is 1.38. The number of hydrogen-bond donors (Lipinski definition) is 0. The predicted octanol–water partition coefficient (Wildman–Crippen LogP) is 1.87. The maximum absolute atomic E-state index is 2.44. The molecule has 0 nitrogen and oxygen atoms in total. The lowest BCUT2D eigenvalue weighted by molar-refractivity contribution is 0.676. The molecule has 0 aliphatic heterocycles. The summed E-state index contributed by atoms with van der Waals surface area (Å²) in [7, 11) is 0. The normalized spacial score (nSPS) is 49.3. The molecule has 2 saturated carbocycles. The Hall–Kier alpha value is 0. The molecule has 0 bridgehead atoms. The minimum atomic E-state index is 1.06. The predicted molar refractivity (Wildman–Crippen MR) is 29.7 cm³/mol. The van der Waals surface area contributed by atoms with Crippen molar-refractivity contribution in [2.75, 3.05) is 0 Å². The van der Waals surface area contributed by atoms with E-state index in [0.29, 0.717) is 0 Å². The monoisotopic (exact) mass is 95.1 g/mol. The second-order valence-corrected chi connectivity index (χ2v) is 3.01. The van der Waals surface area contributed by atoms with E-state index in [-0.39, 0.29) is 0 Å². The van der Waals surface area contributed by atoms with Gasteiger partial charge in [-0.15, -0.1) is 0 Å². The third-order valence-electron chi connectivity index (χ3n) is 2.23. The Labute approximate surface area is 44.9 Å². The van der Waals surface area contributed by atoms with Gasteiger partial charge in [-0.1, -0.05) is 6.92 Å². The Balaban J connectivity index is 1.88. The highest BCUT2D eigenvalue weighted by molar-refractivity contribution is 5.05. The average Bonchev–Trinajstić information content (AvgIpc) is 2.23. The zero-order valence-corrected chi connectivity index (χ0v) is 4.72. The summed E-state index contributed by atoms with van der Waals surface area (Å²) in [4.78, 5) is 0. The van der Waals surface area contributed by atoms with Crippen LogP contribution in [0.4, 0.5) is 0 Å². The summed E-state index contributed by atoms with van der Waals surface area (Å²) >= 11 is 0. The molecular formula is C7H11. The van der Waals surface area contributed by atoms with E-state index in [0.717, 1.165) is 17.8 Å². The fraction of sp³-hybridized carbons (Fsp3) is 0.857. The molecule has 3 atom stereocenters. The van der Waals surface area contributed by atoms with Crippen molar-refractivity contribution in [3.63, 3.8) is 0 Å². The van der Waals surface area contributed by atoms with Crippen LogP contribution in [0.3, 0.4) is 0 Å². The largest absolute Gasteiger partial charge is 0.0622 e. The minimum absolute atomic E-state index is 1.06. The van der Waals surface area contributed by atoms with Gasteiger partial charge in [-0.25, -0.2) is 0 Å². The van der Waals surface area contributed by atoms with Gasteiger partial charge >= 0.3 is 0 Å². The molecule has 39 valence electrons. The Morgan fingerprint density at radius 1 is 1.57 bits per heavy atom. The maximum Gasteiger partial charge on any atom is -0.0349 e. The van der Waals surface area contributed by atoms with Gasteiger partial charge in [0.05, 0.1) is 0 Å². The van der Waals surface area contributed by atoms with Crippen LogP contribution in [0.2, 0.25) is 0 Å². The summed E-state index contributed by atoms with van der Waals surface area (Å²) in [6.45, 7) is 2.36. The summed E-state index contributed by atoms with van der Waals surface area (Å²) in [5.74, 6) is 3.26. The van der Waals surface area contributed by atoms with Gasteiger partial charge in [-0.05, 0) is 37.0 Å². The fourth-order valence-electron chi connectivity index (χ4n) is 1.38. The van der Waals surface area contributed by atoms with Gasteiger partial charge in [0.2, 0.25) is 0 Å². The van der Waals surface area contributed by atoms with E-state index in [1.165, 1.54) is 12.8 Å². The molecule has 0 saturated heterocycles. The van der Waals surface area contributed by atoms with Crippen LogP contribution in [0, 0.1) is 24.2 Å². The maximum atomic E-state index is 2.44. The Morgan fingerprint density at radius 2 is 2.14 bits per heavy atom. The van der Waals surface area contributed by atoms with Crippen molar-refractivity contribution in [2.45, 2.75) is 19.8 Å². The van der Waals surface area contributed by atoms with Gasteiger partial charge in [0.1, 0.15) is 0 Å². The first-order chi connectivity index (χ1) is 3.38. The van der Waals surface area contributed by atoms with Gasteiger partial charge in [-0.3, -0.25) is 0 Å². The lowest BCUT2D eigenvalue weighted by atomic mass is 10.2. The molecule has 0 heteroatoms. The number of hydrogen-bond acceptors (Lipinski definition) is 0. The Morgan fingerprint density at radius 3 is 2.29 bits per heavy atom. The lowest BCUT2D eigenvalue weighted by Crippen LogP contribution is -1.77. The molecule has 7 heavy (non-hydrogen) atoms. The van der Waals surface area contributed by atoms with Crippen molar-refractivity contribution in [2.24, 2.45) is 17.8 Å². The second-order valence-electron chi connectivity index (χ2n) is 3.01. The molecule has 0 aromatic carbocycles. The molecule has 2 fully saturated rings. The van der Waals surface area contributed by atoms with E-state index in [9.17, 15) is 0 Å². The van der Waals surface area contributed by atoms with E-state index >= 15 is 0 Å². The van der Waals surface area contributed by atoms with Crippen molar-refractivity contribution in [3.8, 4) is 0 Å². The van der Waals surface area contributed by atoms with Crippen molar-refractivity contribution in [1.29, 1.82) is 0 Å². The quantitative estimate of drug-likeness (QED) is 0.466. The molecule has 0 N–H and O–H groups in total. The van der Waals surface area contributed by atoms with Gasteiger partial charge in [-0.2, -0.15) is 0 Å². The van der Waals surface area contributed by atoms with Gasteiger partial charge < -0.3 is 0 Å². The molecule has 3 unspecified atom stereocenters. The highest BCUT2D eigenvalue weighted by Gasteiger charge is 2.44. The molecular weight excluding hydrogens is 84.1 g/mol.